The SMILES string of the molecule is Cc1cccc(N)c1C.Cc1cccc(N=Cc2ccccc2O)c1C.O=Cc1ccccc1O. The van der Waals surface area contributed by atoms with Gasteiger partial charge < -0.3 is 15.9 Å². The number of nitrogen functional groups attached to an aromatic ring is 1. The molecule has 0 atom stereocenters. The minimum atomic E-state index is 0.0347. The molecule has 0 saturated heterocycles. The molecule has 4 aromatic carbocycles. The van der Waals surface area contributed by atoms with Crippen LogP contribution in [0.2, 0.25) is 0 Å². The van der Waals surface area contributed by atoms with Crippen molar-refractivity contribution in [1.82, 2.24) is 0 Å². The molecule has 0 amide bonds. The molecule has 0 bridgehead atoms. The van der Waals surface area contributed by atoms with Crippen molar-refractivity contribution in [3.8, 4) is 11.5 Å². The normalized spacial score (nSPS) is 10.1. The molecule has 0 aliphatic rings. The van der Waals surface area contributed by atoms with Gasteiger partial charge in [0.15, 0.2) is 6.29 Å². The third-order valence-electron chi connectivity index (χ3n) is 5.57. The van der Waals surface area contributed by atoms with Crippen LogP contribution in [0.1, 0.15) is 38.2 Å². The molecule has 180 valence electrons. The van der Waals surface area contributed by atoms with E-state index < -0.39 is 0 Å². The van der Waals surface area contributed by atoms with E-state index in [-0.39, 0.29) is 11.5 Å². The molecular weight excluding hydrogens is 436 g/mol. The molecule has 4 N–H and O–H groups in total. The second-order valence-electron chi connectivity index (χ2n) is 8.00. The molecule has 0 fully saturated rings. The summed E-state index contributed by atoms with van der Waals surface area (Å²) in [7, 11) is 0. The van der Waals surface area contributed by atoms with Gasteiger partial charge in [0.2, 0.25) is 0 Å². The van der Waals surface area contributed by atoms with Crippen LogP contribution in [-0.2, 0) is 0 Å². The van der Waals surface area contributed by atoms with E-state index in [1.165, 1.54) is 28.3 Å². The van der Waals surface area contributed by atoms with Crippen LogP contribution in [0, 0.1) is 27.7 Å². The number of phenols is 2. The average molecular weight is 469 g/mol. The summed E-state index contributed by atoms with van der Waals surface area (Å²) in [5, 5.41) is 18.5. The lowest BCUT2D eigenvalue weighted by atomic mass is 10.1. The van der Waals surface area contributed by atoms with E-state index >= 15 is 0 Å². The first-order chi connectivity index (χ1) is 16.7. The summed E-state index contributed by atoms with van der Waals surface area (Å²) in [6, 6.07) is 25.5. The van der Waals surface area contributed by atoms with Crippen molar-refractivity contribution < 1.29 is 15.0 Å². The Bertz CT molecular complexity index is 1280. The van der Waals surface area contributed by atoms with E-state index in [4.69, 9.17) is 10.8 Å². The van der Waals surface area contributed by atoms with Crippen molar-refractivity contribution in [1.29, 1.82) is 0 Å². The maximum Gasteiger partial charge on any atom is 0.153 e. The predicted octanol–water partition coefficient (Wildman–Crippen LogP) is 6.85. The molecule has 0 aliphatic carbocycles. The van der Waals surface area contributed by atoms with E-state index in [1.807, 2.05) is 50.2 Å². The third-order valence-corrected chi connectivity index (χ3v) is 5.57. The number of benzene rings is 4. The fourth-order valence-electron chi connectivity index (χ4n) is 2.97. The molecule has 0 unspecified atom stereocenters. The van der Waals surface area contributed by atoms with Gasteiger partial charge in [0, 0.05) is 17.5 Å². The number of carbonyl (C=O) groups excluding carboxylic acids is 1. The number of aryl methyl sites for hydroxylation is 2. The second-order valence-corrected chi connectivity index (χ2v) is 8.00. The monoisotopic (exact) mass is 468 g/mol. The average Bonchev–Trinajstić information content (AvgIpc) is 2.85. The van der Waals surface area contributed by atoms with Gasteiger partial charge in [-0.05, 0) is 86.3 Å². The predicted molar refractivity (Wildman–Crippen MR) is 145 cm³/mol. The lowest BCUT2D eigenvalue weighted by Gasteiger charge is -2.03. The Labute approximate surface area is 207 Å². The van der Waals surface area contributed by atoms with Crippen molar-refractivity contribution >= 4 is 23.9 Å². The molecule has 5 nitrogen and oxygen atoms in total. The number of rotatable bonds is 3. The molecule has 0 aliphatic heterocycles. The molecule has 4 aromatic rings. The van der Waals surface area contributed by atoms with E-state index in [1.54, 1.807) is 36.5 Å². The number of aliphatic imine (C=N–C) groups is 1. The number of hydrogen-bond acceptors (Lipinski definition) is 5. The molecule has 5 heteroatoms. The third kappa shape index (κ3) is 8.16. The number of hydrogen-bond donors (Lipinski definition) is 3. The number of para-hydroxylation sites is 2. The van der Waals surface area contributed by atoms with E-state index in [2.05, 4.69) is 31.0 Å². The van der Waals surface area contributed by atoms with Crippen LogP contribution >= 0.6 is 0 Å². The zero-order valence-corrected chi connectivity index (χ0v) is 20.6. The number of aromatic hydroxyl groups is 2. The Kier molecular flexibility index (Phi) is 10.3. The molecular formula is C30H32N2O3. The molecule has 0 saturated carbocycles. The van der Waals surface area contributed by atoms with Crippen molar-refractivity contribution in [3.05, 3.63) is 118 Å². The summed E-state index contributed by atoms with van der Waals surface area (Å²) in [5.74, 6) is 0.286. The second kappa shape index (κ2) is 13.4. The lowest BCUT2D eigenvalue weighted by Crippen LogP contribution is -1.90. The maximum absolute atomic E-state index is 10.1. The highest BCUT2D eigenvalue weighted by Crippen LogP contribution is 2.22. The van der Waals surface area contributed by atoms with Crippen LogP contribution < -0.4 is 5.73 Å². The largest absolute Gasteiger partial charge is 0.507 e. The van der Waals surface area contributed by atoms with Gasteiger partial charge in [-0.25, -0.2) is 0 Å². The Morgan fingerprint density at radius 2 is 1.17 bits per heavy atom. The first-order valence-electron chi connectivity index (χ1n) is 11.2. The highest BCUT2D eigenvalue weighted by Gasteiger charge is 1.99. The van der Waals surface area contributed by atoms with Gasteiger partial charge in [-0.1, -0.05) is 48.5 Å². The van der Waals surface area contributed by atoms with Gasteiger partial charge in [-0.15, -0.1) is 0 Å². The van der Waals surface area contributed by atoms with Crippen molar-refractivity contribution in [2.24, 2.45) is 4.99 Å². The van der Waals surface area contributed by atoms with Crippen molar-refractivity contribution in [2.45, 2.75) is 27.7 Å². The van der Waals surface area contributed by atoms with Gasteiger partial charge in [0.25, 0.3) is 0 Å². The Hall–Kier alpha value is -4.38. The fourth-order valence-corrected chi connectivity index (χ4v) is 2.97. The minimum Gasteiger partial charge on any atom is -0.507 e. The zero-order valence-electron chi connectivity index (χ0n) is 20.6. The zero-order chi connectivity index (χ0) is 25.8. The highest BCUT2D eigenvalue weighted by atomic mass is 16.3. The first kappa shape index (κ1) is 26.9. The van der Waals surface area contributed by atoms with Gasteiger partial charge in [-0.3, -0.25) is 9.79 Å². The Morgan fingerprint density at radius 1 is 0.657 bits per heavy atom. The lowest BCUT2D eigenvalue weighted by molar-refractivity contribution is 0.112. The van der Waals surface area contributed by atoms with Crippen LogP contribution in [0.5, 0.6) is 11.5 Å². The molecule has 4 rings (SSSR count). The summed E-state index contributed by atoms with van der Waals surface area (Å²) >= 11 is 0. The molecule has 0 heterocycles. The summed E-state index contributed by atoms with van der Waals surface area (Å²) in [5.41, 5.74) is 13.3. The smallest absolute Gasteiger partial charge is 0.153 e. The van der Waals surface area contributed by atoms with Gasteiger partial charge in [0.05, 0.1) is 11.3 Å². The van der Waals surface area contributed by atoms with Gasteiger partial charge >= 0.3 is 0 Å². The Balaban J connectivity index is 0.000000203. The van der Waals surface area contributed by atoms with Crippen molar-refractivity contribution in [2.75, 3.05) is 5.73 Å². The topological polar surface area (TPSA) is 95.9 Å². The van der Waals surface area contributed by atoms with Crippen molar-refractivity contribution in [3.63, 3.8) is 0 Å². The van der Waals surface area contributed by atoms with Gasteiger partial charge in [0.1, 0.15) is 11.5 Å². The number of nitrogens with two attached hydrogens (primary N) is 1. The minimum absolute atomic E-state index is 0.0347. The fraction of sp³-hybridized carbons (Fsp3) is 0.133. The van der Waals surface area contributed by atoms with Crippen LogP contribution in [0.25, 0.3) is 0 Å². The standard InChI is InChI=1S/C15H15NO.C8H11N.C7H6O2/c1-11-6-5-8-14(12(11)2)16-10-13-7-3-4-9-15(13)17;1-6-4-3-5-8(9)7(6)2;8-5-6-3-1-2-4-7(6)9/h3-10,17H,1-2H3;3-5H,9H2,1-2H3;1-5,9H. The highest BCUT2D eigenvalue weighted by molar-refractivity contribution is 5.85. The van der Waals surface area contributed by atoms with E-state index in [9.17, 15) is 9.90 Å². The van der Waals surface area contributed by atoms with Crippen LogP contribution in [0.4, 0.5) is 11.4 Å². The number of nitrogens with zero attached hydrogens (tertiary/aromatic N) is 1. The quantitative estimate of drug-likeness (QED) is 0.174. The van der Waals surface area contributed by atoms with Gasteiger partial charge in [-0.2, -0.15) is 0 Å². The Morgan fingerprint density at radius 3 is 1.66 bits per heavy atom. The number of carbonyl (C=O) groups is 1. The first-order valence-corrected chi connectivity index (χ1v) is 11.2. The van der Waals surface area contributed by atoms with E-state index in [0.717, 1.165) is 16.9 Å². The maximum atomic E-state index is 10.1. The number of phenolic OH excluding ortho intramolecular Hbond substituents is 2. The summed E-state index contributed by atoms with van der Waals surface area (Å²) in [4.78, 5) is 14.5. The molecule has 0 radical (unpaired) electrons. The summed E-state index contributed by atoms with van der Waals surface area (Å²) in [6.45, 7) is 8.21. The van der Waals surface area contributed by atoms with Crippen LogP contribution in [0.15, 0.2) is 89.9 Å². The van der Waals surface area contributed by atoms with Crippen LogP contribution in [-0.4, -0.2) is 22.7 Å². The summed E-state index contributed by atoms with van der Waals surface area (Å²) in [6.07, 6.45) is 2.31. The number of aldehydes is 1. The molecule has 35 heavy (non-hydrogen) atoms. The number of anilines is 1. The summed E-state index contributed by atoms with van der Waals surface area (Å²) < 4.78 is 0. The molecule has 0 aromatic heterocycles. The molecule has 0 spiro atoms. The van der Waals surface area contributed by atoms with E-state index in [0.29, 0.717) is 11.8 Å². The van der Waals surface area contributed by atoms with Crippen LogP contribution in [0.3, 0.4) is 0 Å².